The molecule has 212 valence electrons. The number of hydrogen-bond donors (Lipinski definition) is 1. The Bertz CT molecular complexity index is 1690. The van der Waals surface area contributed by atoms with Crippen LogP contribution in [0.25, 0.3) is 16.9 Å². The molecule has 1 fully saturated rings. The van der Waals surface area contributed by atoms with Gasteiger partial charge >= 0.3 is 5.97 Å². The number of aliphatic carboxylic acids is 1. The van der Waals surface area contributed by atoms with E-state index in [4.69, 9.17) is 14.9 Å². The minimum Gasteiger partial charge on any atom is -0.480 e. The SMILES string of the molecule is CCCc1c(Cc2ccc(-c3ccccc3C#N)c(C)c2)c(=O)n(C2CCC(OCC(=O)O)CC2)c2nc(C)nn12. The molecule has 0 radical (unpaired) electrons. The first kappa shape index (κ1) is 28.2. The van der Waals surface area contributed by atoms with Gasteiger partial charge in [0.25, 0.3) is 5.56 Å². The van der Waals surface area contributed by atoms with Gasteiger partial charge < -0.3 is 9.84 Å². The quantitative estimate of drug-likeness (QED) is 0.303. The highest BCUT2D eigenvalue weighted by atomic mass is 16.5. The lowest BCUT2D eigenvalue weighted by Gasteiger charge is -2.30. The van der Waals surface area contributed by atoms with Crippen LogP contribution in [0.15, 0.2) is 47.3 Å². The number of rotatable bonds is 9. The molecule has 4 aromatic rings. The summed E-state index contributed by atoms with van der Waals surface area (Å²) in [5.74, 6) is 0.203. The summed E-state index contributed by atoms with van der Waals surface area (Å²) in [6, 6.07) is 16.0. The second kappa shape index (κ2) is 12.1. The van der Waals surface area contributed by atoms with Crippen LogP contribution in [-0.4, -0.2) is 43.0 Å². The highest BCUT2D eigenvalue weighted by Gasteiger charge is 2.29. The Kier molecular flexibility index (Phi) is 8.31. The molecule has 9 heteroatoms. The summed E-state index contributed by atoms with van der Waals surface area (Å²) in [6.45, 7) is 5.66. The number of fused-ring (bicyclic) bond motifs is 1. The smallest absolute Gasteiger partial charge is 0.329 e. The molecule has 2 aromatic carbocycles. The Hall–Kier alpha value is -4.29. The van der Waals surface area contributed by atoms with E-state index >= 15 is 0 Å². The van der Waals surface area contributed by atoms with Crippen LogP contribution in [-0.2, 0) is 22.4 Å². The van der Waals surface area contributed by atoms with Gasteiger partial charge in [-0.2, -0.15) is 15.3 Å². The summed E-state index contributed by atoms with van der Waals surface area (Å²) in [6.07, 6.45) is 4.66. The number of nitrogens with zero attached hydrogens (tertiary/aromatic N) is 5. The molecular formula is C32H35N5O4. The zero-order chi connectivity index (χ0) is 29.1. The number of nitriles is 1. The van der Waals surface area contributed by atoms with Crippen molar-refractivity contribution in [1.29, 1.82) is 5.26 Å². The minimum atomic E-state index is -0.974. The average Bonchev–Trinajstić information content (AvgIpc) is 3.35. The molecule has 1 aliphatic carbocycles. The molecule has 1 N–H and O–H groups in total. The van der Waals surface area contributed by atoms with Crippen LogP contribution in [0.2, 0.25) is 0 Å². The highest BCUT2D eigenvalue weighted by Crippen LogP contribution is 2.32. The van der Waals surface area contributed by atoms with E-state index in [-0.39, 0.29) is 24.3 Å². The summed E-state index contributed by atoms with van der Waals surface area (Å²) in [5, 5.41) is 23.3. The summed E-state index contributed by atoms with van der Waals surface area (Å²) in [5.41, 5.74) is 6.16. The largest absolute Gasteiger partial charge is 0.480 e. The fourth-order valence-corrected chi connectivity index (χ4v) is 6.05. The Morgan fingerprint density at radius 2 is 1.88 bits per heavy atom. The van der Waals surface area contributed by atoms with Crippen LogP contribution in [0, 0.1) is 25.2 Å². The van der Waals surface area contributed by atoms with Crippen molar-refractivity contribution in [2.75, 3.05) is 6.61 Å². The maximum Gasteiger partial charge on any atom is 0.329 e. The summed E-state index contributed by atoms with van der Waals surface area (Å²) < 4.78 is 9.20. The molecule has 0 aliphatic heterocycles. The standard InChI is InChI=1S/C32H35N5O4/c1-4-7-29-28(17-22-10-15-26(20(2)16-22)27-9-6-5-8-23(27)18-33)31(40)36(32-34-21(3)35-37(29)32)24-11-13-25(14-12-24)41-19-30(38)39/h5-6,8-10,15-16,24-25H,4,7,11-14,17,19H2,1-3H3,(H,38,39). The third kappa shape index (κ3) is 5.79. The number of aromatic nitrogens is 4. The van der Waals surface area contributed by atoms with Crippen LogP contribution in [0.3, 0.4) is 0 Å². The summed E-state index contributed by atoms with van der Waals surface area (Å²) in [7, 11) is 0. The normalized spacial score (nSPS) is 17.0. The monoisotopic (exact) mass is 553 g/mol. The van der Waals surface area contributed by atoms with Crippen LogP contribution < -0.4 is 5.56 Å². The van der Waals surface area contributed by atoms with Crippen LogP contribution >= 0.6 is 0 Å². The number of aryl methyl sites for hydroxylation is 3. The lowest BCUT2D eigenvalue weighted by Crippen LogP contribution is -2.35. The first-order chi connectivity index (χ1) is 19.8. The molecule has 0 bridgehead atoms. The van der Waals surface area contributed by atoms with Gasteiger partial charge in [0, 0.05) is 18.0 Å². The van der Waals surface area contributed by atoms with Crippen LogP contribution in [0.5, 0.6) is 0 Å². The van der Waals surface area contributed by atoms with Gasteiger partial charge in [0.1, 0.15) is 12.4 Å². The molecule has 0 amide bonds. The van der Waals surface area contributed by atoms with Crippen molar-refractivity contribution in [2.45, 2.75) is 77.9 Å². The topological polar surface area (TPSA) is 123 Å². The number of hydrogen-bond acceptors (Lipinski definition) is 6. The Balaban J connectivity index is 1.53. The second-order valence-corrected chi connectivity index (χ2v) is 10.8. The number of carboxylic acid groups (broad SMARTS) is 1. The first-order valence-corrected chi connectivity index (χ1v) is 14.2. The van der Waals surface area contributed by atoms with E-state index in [0.29, 0.717) is 55.7 Å². The van der Waals surface area contributed by atoms with Crippen molar-refractivity contribution >= 4 is 11.7 Å². The maximum atomic E-state index is 14.3. The van der Waals surface area contributed by atoms with E-state index < -0.39 is 5.97 Å². The van der Waals surface area contributed by atoms with E-state index in [1.54, 1.807) is 0 Å². The molecule has 0 unspecified atom stereocenters. The average molecular weight is 554 g/mol. The Morgan fingerprint density at radius 3 is 2.56 bits per heavy atom. The maximum absolute atomic E-state index is 14.3. The van der Waals surface area contributed by atoms with Crippen molar-refractivity contribution in [3.05, 3.63) is 86.6 Å². The van der Waals surface area contributed by atoms with Gasteiger partial charge in [-0.25, -0.2) is 9.31 Å². The minimum absolute atomic E-state index is 0.0418. The van der Waals surface area contributed by atoms with E-state index in [2.05, 4.69) is 24.0 Å². The molecule has 1 saturated carbocycles. The molecule has 2 aromatic heterocycles. The van der Waals surface area contributed by atoms with Gasteiger partial charge in [0.15, 0.2) is 0 Å². The van der Waals surface area contributed by atoms with E-state index in [9.17, 15) is 14.9 Å². The van der Waals surface area contributed by atoms with Crippen molar-refractivity contribution in [3.8, 4) is 17.2 Å². The van der Waals surface area contributed by atoms with E-state index in [1.165, 1.54) is 0 Å². The molecule has 1 aliphatic rings. The van der Waals surface area contributed by atoms with Gasteiger partial charge in [-0.05, 0) is 74.3 Å². The molecule has 0 atom stereocenters. The Labute approximate surface area is 239 Å². The van der Waals surface area contributed by atoms with Crippen molar-refractivity contribution in [3.63, 3.8) is 0 Å². The molecule has 9 nitrogen and oxygen atoms in total. The van der Waals surface area contributed by atoms with Gasteiger partial charge in [-0.15, -0.1) is 0 Å². The number of carbonyl (C=O) groups is 1. The third-order valence-corrected chi connectivity index (χ3v) is 7.94. The number of benzene rings is 2. The van der Waals surface area contributed by atoms with Crippen LogP contribution in [0.4, 0.5) is 0 Å². The number of ether oxygens (including phenoxy) is 1. The van der Waals surface area contributed by atoms with E-state index in [1.807, 2.05) is 59.3 Å². The third-order valence-electron chi connectivity index (χ3n) is 7.94. The molecule has 41 heavy (non-hydrogen) atoms. The Morgan fingerprint density at radius 1 is 1.12 bits per heavy atom. The predicted octanol–water partition coefficient (Wildman–Crippen LogP) is 5.17. The highest BCUT2D eigenvalue weighted by molar-refractivity contribution is 5.73. The lowest BCUT2D eigenvalue weighted by atomic mass is 9.91. The van der Waals surface area contributed by atoms with Gasteiger partial charge in [0.2, 0.25) is 5.78 Å². The fourth-order valence-electron chi connectivity index (χ4n) is 6.05. The first-order valence-electron chi connectivity index (χ1n) is 14.2. The number of carboxylic acids is 1. The summed E-state index contributed by atoms with van der Waals surface area (Å²) >= 11 is 0. The predicted molar refractivity (Wildman–Crippen MR) is 155 cm³/mol. The van der Waals surface area contributed by atoms with Crippen LogP contribution in [0.1, 0.15) is 78.8 Å². The van der Waals surface area contributed by atoms with Gasteiger partial charge in [-0.1, -0.05) is 49.7 Å². The van der Waals surface area contributed by atoms with Gasteiger partial charge in [-0.3, -0.25) is 9.36 Å². The zero-order valence-corrected chi connectivity index (χ0v) is 23.8. The van der Waals surface area contributed by atoms with E-state index in [0.717, 1.165) is 39.9 Å². The van der Waals surface area contributed by atoms with Crippen molar-refractivity contribution in [2.24, 2.45) is 0 Å². The molecule has 5 rings (SSSR count). The summed E-state index contributed by atoms with van der Waals surface area (Å²) in [4.78, 5) is 29.9. The molecule has 2 heterocycles. The molecule has 0 spiro atoms. The lowest BCUT2D eigenvalue weighted by molar-refractivity contribution is -0.145. The molecular weight excluding hydrogens is 518 g/mol. The van der Waals surface area contributed by atoms with Crippen molar-refractivity contribution < 1.29 is 14.6 Å². The second-order valence-electron chi connectivity index (χ2n) is 10.8. The van der Waals surface area contributed by atoms with Crippen molar-refractivity contribution in [1.82, 2.24) is 19.2 Å². The molecule has 0 saturated heterocycles. The van der Waals surface area contributed by atoms with Gasteiger partial charge in [0.05, 0.1) is 23.4 Å². The zero-order valence-electron chi connectivity index (χ0n) is 23.8. The fraction of sp³-hybridized carbons (Fsp3) is 0.406.